The Kier molecular flexibility index (Phi) is 4.57. The number of benzene rings is 1. The van der Waals surface area contributed by atoms with Crippen molar-refractivity contribution in [1.29, 1.82) is 5.26 Å². The molecule has 2 aromatic rings. The van der Waals surface area contributed by atoms with Crippen LogP contribution in [0.2, 0.25) is 0 Å². The van der Waals surface area contributed by atoms with E-state index >= 15 is 0 Å². The molecule has 3 N–H and O–H groups in total. The van der Waals surface area contributed by atoms with E-state index in [1.54, 1.807) is 12.1 Å². The number of aromatic amines is 1. The number of nitrogens with zero attached hydrogens (tertiary/aromatic N) is 2. The summed E-state index contributed by atoms with van der Waals surface area (Å²) in [6.07, 6.45) is 1.58. The molecule has 1 fully saturated rings. The summed E-state index contributed by atoms with van der Waals surface area (Å²) in [6.45, 7) is 0. The summed E-state index contributed by atoms with van der Waals surface area (Å²) >= 11 is 0. The van der Waals surface area contributed by atoms with Crippen LogP contribution in [0.3, 0.4) is 0 Å². The molecule has 0 unspecified atom stereocenters. The number of carbonyl (C=O) groups excluding carboxylic acids is 1. The molecule has 130 valence electrons. The van der Waals surface area contributed by atoms with E-state index in [0.717, 1.165) is 0 Å². The number of hydrogen-bond acceptors (Lipinski definition) is 4. The molecule has 1 aliphatic carbocycles. The van der Waals surface area contributed by atoms with Crippen molar-refractivity contribution in [3.05, 3.63) is 46.0 Å². The van der Waals surface area contributed by atoms with Crippen molar-refractivity contribution >= 4 is 6.09 Å². The zero-order valence-electron chi connectivity index (χ0n) is 13.4. The van der Waals surface area contributed by atoms with Gasteiger partial charge in [0.15, 0.2) is 0 Å². The first-order valence-corrected chi connectivity index (χ1v) is 7.95. The number of primary amides is 1. The van der Waals surface area contributed by atoms with E-state index in [-0.39, 0.29) is 23.3 Å². The molecule has 1 amide bonds. The molecule has 0 radical (unpaired) electrons. The van der Waals surface area contributed by atoms with E-state index in [1.807, 2.05) is 0 Å². The second-order valence-corrected chi connectivity index (χ2v) is 6.05. The number of nitrogens with one attached hydrogen (secondary N) is 1. The zero-order valence-corrected chi connectivity index (χ0v) is 13.4. The predicted molar refractivity (Wildman–Crippen MR) is 87.1 cm³/mol. The predicted octanol–water partition coefficient (Wildman–Crippen LogP) is 2.43. The first-order valence-electron chi connectivity index (χ1n) is 7.95. The van der Waals surface area contributed by atoms with Crippen LogP contribution in [0.25, 0.3) is 11.3 Å². The van der Waals surface area contributed by atoms with Crippen molar-refractivity contribution in [3.63, 3.8) is 0 Å². The number of nitriles is 1. The van der Waals surface area contributed by atoms with Gasteiger partial charge in [0, 0.05) is 11.6 Å². The van der Waals surface area contributed by atoms with Gasteiger partial charge in [-0.1, -0.05) is 6.07 Å². The number of rotatable bonds is 3. The third-order valence-corrected chi connectivity index (χ3v) is 4.44. The van der Waals surface area contributed by atoms with E-state index in [4.69, 9.17) is 15.7 Å². The van der Waals surface area contributed by atoms with Gasteiger partial charge in [0.2, 0.25) is 0 Å². The lowest BCUT2D eigenvalue weighted by atomic mass is 9.93. The third kappa shape index (κ3) is 3.55. The van der Waals surface area contributed by atoms with Crippen LogP contribution in [0.15, 0.2) is 29.1 Å². The number of aromatic nitrogens is 2. The van der Waals surface area contributed by atoms with Crippen LogP contribution in [0, 0.1) is 17.1 Å². The molecule has 0 spiro atoms. The van der Waals surface area contributed by atoms with Crippen LogP contribution >= 0.6 is 0 Å². The lowest BCUT2D eigenvalue weighted by Crippen LogP contribution is -2.31. The molecule has 8 heteroatoms. The van der Waals surface area contributed by atoms with Gasteiger partial charge in [0.05, 0.1) is 17.3 Å². The molecule has 1 aromatic heterocycles. The molecule has 0 atom stereocenters. The van der Waals surface area contributed by atoms with Gasteiger partial charge in [-0.05, 0) is 37.8 Å². The van der Waals surface area contributed by atoms with Gasteiger partial charge in [0.25, 0.3) is 5.56 Å². The maximum Gasteiger partial charge on any atom is 0.404 e. The molecule has 0 saturated heterocycles. The second kappa shape index (κ2) is 6.81. The molecule has 1 heterocycles. The number of hydrogen-bond donors (Lipinski definition) is 2. The molecule has 0 aliphatic heterocycles. The fraction of sp³-hybridized carbons (Fsp3) is 0.353. The number of amides is 1. The molecule has 1 aromatic carbocycles. The van der Waals surface area contributed by atoms with Crippen LogP contribution in [-0.4, -0.2) is 22.0 Å². The van der Waals surface area contributed by atoms with Crippen molar-refractivity contribution < 1.29 is 13.9 Å². The highest BCUT2D eigenvalue weighted by Gasteiger charge is 2.26. The summed E-state index contributed by atoms with van der Waals surface area (Å²) in [5, 5.41) is 11.8. The summed E-state index contributed by atoms with van der Waals surface area (Å²) in [6, 6.07) is 7.33. The van der Waals surface area contributed by atoms with Crippen molar-refractivity contribution in [2.24, 2.45) is 5.73 Å². The van der Waals surface area contributed by atoms with E-state index < -0.39 is 11.9 Å². The summed E-state index contributed by atoms with van der Waals surface area (Å²) in [4.78, 5) is 23.1. The standard InChI is InChI=1S/C17H17FN4O3/c18-14-7-10(1-2-11(14)9-19)15-8-16(23)22(21-15)12-3-5-13(6-4-12)25-17(20)24/h1-2,7-8,12-13,21H,3-6H2,(H2,20,24). The van der Waals surface area contributed by atoms with Crippen LogP contribution in [-0.2, 0) is 4.74 Å². The van der Waals surface area contributed by atoms with Crippen LogP contribution in [0.5, 0.6) is 0 Å². The van der Waals surface area contributed by atoms with Gasteiger partial charge in [0.1, 0.15) is 18.0 Å². The largest absolute Gasteiger partial charge is 0.446 e. The highest BCUT2D eigenvalue weighted by Crippen LogP contribution is 2.29. The average Bonchev–Trinajstić information content (AvgIpc) is 2.97. The highest BCUT2D eigenvalue weighted by molar-refractivity contribution is 5.64. The smallest absolute Gasteiger partial charge is 0.404 e. The Bertz CT molecular complexity index is 888. The Morgan fingerprint density at radius 1 is 1.32 bits per heavy atom. The van der Waals surface area contributed by atoms with E-state index in [9.17, 15) is 14.0 Å². The van der Waals surface area contributed by atoms with E-state index in [0.29, 0.717) is 36.9 Å². The Hall–Kier alpha value is -3.08. The number of halogens is 1. The zero-order chi connectivity index (χ0) is 18.0. The number of nitrogens with two attached hydrogens (primary N) is 1. The van der Waals surface area contributed by atoms with Gasteiger partial charge in [-0.15, -0.1) is 0 Å². The minimum absolute atomic E-state index is 0.0432. The number of carbonyl (C=O) groups is 1. The molecule has 1 saturated carbocycles. The summed E-state index contributed by atoms with van der Waals surface area (Å²) in [5.74, 6) is -0.627. The second-order valence-electron chi connectivity index (χ2n) is 6.05. The average molecular weight is 344 g/mol. The highest BCUT2D eigenvalue weighted by atomic mass is 19.1. The quantitative estimate of drug-likeness (QED) is 0.890. The molecule has 7 nitrogen and oxygen atoms in total. The van der Waals surface area contributed by atoms with Crippen molar-refractivity contribution in [3.8, 4) is 17.3 Å². The first kappa shape index (κ1) is 16.8. The van der Waals surface area contributed by atoms with E-state index in [2.05, 4.69) is 5.10 Å². The third-order valence-electron chi connectivity index (χ3n) is 4.44. The maximum atomic E-state index is 13.8. The summed E-state index contributed by atoms with van der Waals surface area (Å²) < 4.78 is 20.3. The minimum Gasteiger partial charge on any atom is -0.446 e. The van der Waals surface area contributed by atoms with Crippen molar-refractivity contribution in [1.82, 2.24) is 9.78 Å². The fourth-order valence-electron chi connectivity index (χ4n) is 3.19. The molecule has 3 rings (SSSR count). The van der Waals surface area contributed by atoms with Gasteiger partial charge in [-0.2, -0.15) is 5.26 Å². The minimum atomic E-state index is -0.786. The molecule has 0 bridgehead atoms. The van der Waals surface area contributed by atoms with Gasteiger partial charge in [-0.3, -0.25) is 9.89 Å². The summed E-state index contributed by atoms with van der Waals surface area (Å²) in [7, 11) is 0. The summed E-state index contributed by atoms with van der Waals surface area (Å²) in [5.41, 5.74) is 5.76. The molecular formula is C17H17FN4O3. The lowest BCUT2D eigenvalue weighted by molar-refractivity contribution is 0.0705. The van der Waals surface area contributed by atoms with Gasteiger partial charge in [-0.25, -0.2) is 13.9 Å². The first-order chi connectivity index (χ1) is 12.0. The lowest BCUT2D eigenvalue weighted by Gasteiger charge is -2.28. The van der Waals surface area contributed by atoms with Crippen LogP contribution in [0.1, 0.15) is 37.3 Å². The molecular weight excluding hydrogens is 327 g/mol. The Morgan fingerprint density at radius 2 is 2.04 bits per heavy atom. The van der Waals surface area contributed by atoms with Crippen molar-refractivity contribution in [2.45, 2.75) is 37.8 Å². The SMILES string of the molecule is N#Cc1ccc(-c2cc(=O)n(C3CCC(OC(N)=O)CC3)[nH]2)cc1F. The maximum absolute atomic E-state index is 13.8. The van der Waals surface area contributed by atoms with E-state index in [1.165, 1.54) is 22.9 Å². The number of H-pyrrole nitrogens is 1. The fourth-order valence-corrected chi connectivity index (χ4v) is 3.19. The topological polar surface area (TPSA) is 114 Å². The normalized spacial score (nSPS) is 20.0. The van der Waals surface area contributed by atoms with Gasteiger partial charge >= 0.3 is 6.09 Å². The van der Waals surface area contributed by atoms with Gasteiger partial charge < -0.3 is 10.5 Å². The molecule has 25 heavy (non-hydrogen) atoms. The monoisotopic (exact) mass is 344 g/mol. The Balaban J connectivity index is 1.78. The van der Waals surface area contributed by atoms with Crippen LogP contribution in [0.4, 0.5) is 9.18 Å². The molecule has 1 aliphatic rings. The number of ether oxygens (including phenoxy) is 1. The van der Waals surface area contributed by atoms with Crippen molar-refractivity contribution in [2.75, 3.05) is 0 Å². The van der Waals surface area contributed by atoms with Crippen LogP contribution < -0.4 is 11.3 Å². The Labute approximate surface area is 142 Å². The Morgan fingerprint density at radius 3 is 2.64 bits per heavy atom.